The first-order valence-corrected chi connectivity index (χ1v) is 10.4. The van der Waals surface area contributed by atoms with E-state index in [0.717, 1.165) is 21.8 Å². The van der Waals surface area contributed by atoms with E-state index in [0.29, 0.717) is 11.4 Å². The number of carbonyl (C=O) groups is 1. The van der Waals surface area contributed by atoms with E-state index in [2.05, 4.69) is 15.0 Å². The summed E-state index contributed by atoms with van der Waals surface area (Å²) in [5, 5.41) is 4.53. The Kier molecular flexibility index (Phi) is 4.89. The molecule has 0 spiro atoms. The summed E-state index contributed by atoms with van der Waals surface area (Å²) >= 11 is 2.39. The van der Waals surface area contributed by atoms with E-state index in [1.165, 1.54) is 18.3 Å². The second-order valence-corrected chi connectivity index (χ2v) is 9.03. The van der Waals surface area contributed by atoms with Crippen molar-refractivity contribution in [2.24, 2.45) is 0 Å². The van der Waals surface area contributed by atoms with Crippen LogP contribution in [0, 0.1) is 6.92 Å². The van der Waals surface area contributed by atoms with Crippen molar-refractivity contribution < 1.29 is 13.2 Å². The van der Waals surface area contributed by atoms with Crippen molar-refractivity contribution in [3.05, 3.63) is 47.5 Å². The number of rotatable bonds is 5. The molecule has 0 unspecified atom stereocenters. The standard InChI is InChI=1S/C16H15N3O3S3/c1-10-15(24-16(17-10)18-11(2)20)25(21,22)19-13-8-14(23-9-13)12-6-4-3-5-7-12/h3-9,19H,1-2H3,(H,17,18,20). The van der Waals surface area contributed by atoms with Crippen LogP contribution >= 0.6 is 22.7 Å². The molecule has 2 N–H and O–H groups in total. The lowest BCUT2D eigenvalue weighted by Crippen LogP contribution is -2.12. The first-order valence-electron chi connectivity index (χ1n) is 7.27. The van der Waals surface area contributed by atoms with Gasteiger partial charge in [0.1, 0.15) is 0 Å². The van der Waals surface area contributed by atoms with Crippen molar-refractivity contribution in [2.75, 3.05) is 10.0 Å². The van der Waals surface area contributed by atoms with E-state index < -0.39 is 10.0 Å². The van der Waals surface area contributed by atoms with Gasteiger partial charge in [0.2, 0.25) is 5.91 Å². The van der Waals surface area contributed by atoms with E-state index in [1.807, 2.05) is 30.3 Å². The maximum Gasteiger partial charge on any atom is 0.273 e. The smallest absolute Gasteiger partial charge is 0.273 e. The predicted octanol–water partition coefficient (Wildman–Crippen LogP) is 3.94. The molecular formula is C16H15N3O3S3. The highest BCUT2D eigenvalue weighted by Crippen LogP contribution is 2.33. The van der Waals surface area contributed by atoms with Gasteiger partial charge in [0, 0.05) is 17.2 Å². The highest BCUT2D eigenvalue weighted by Gasteiger charge is 2.23. The third-order valence-corrected chi connectivity index (χ3v) is 7.23. The van der Waals surface area contributed by atoms with E-state index >= 15 is 0 Å². The van der Waals surface area contributed by atoms with Gasteiger partial charge >= 0.3 is 0 Å². The average molecular weight is 394 g/mol. The number of anilines is 2. The third-order valence-electron chi connectivity index (χ3n) is 3.19. The molecule has 0 aliphatic carbocycles. The Balaban J connectivity index is 1.84. The van der Waals surface area contributed by atoms with Crippen molar-refractivity contribution in [2.45, 2.75) is 18.1 Å². The van der Waals surface area contributed by atoms with Crippen molar-refractivity contribution in [1.82, 2.24) is 4.98 Å². The molecule has 0 atom stereocenters. The lowest BCUT2D eigenvalue weighted by atomic mass is 10.2. The van der Waals surface area contributed by atoms with Crippen LogP contribution in [0.5, 0.6) is 0 Å². The molecule has 1 amide bonds. The molecule has 1 aromatic carbocycles. The van der Waals surface area contributed by atoms with Gasteiger partial charge in [-0.25, -0.2) is 13.4 Å². The zero-order valence-electron chi connectivity index (χ0n) is 13.4. The number of aryl methyl sites for hydroxylation is 1. The number of benzene rings is 1. The molecule has 0 saturated heterocycles. The van der Waals surface area contributed by atoms with Crippen LogP contribution in [0.25, 0.3) is 10.4 Å². The molecule has 0 aliphatic heterocycles. The Labute approximate surface area is 153 Å². The number of nitrogens with zero attached hydrogens (tertiary/aromatic N) is 1. The molecule has 0 saturated carbocycles. The maximum absolute atomic E-state index is 12.6. The summed E-state index contributed by atoms with van der Waals surface area (Å²) in [6.07, 6.45) is 0. The molecule has 130 valence electrons. The Morgan fingerprint density at radius 2 is 1.92 bits per heavy atom. The van der Waals surface area contributed by atoms with Crippen molar-refractivity contribution in [3.63, 3.8) is 0 Å². The normalized spacial score (nSPS) is 11.3. The van der Waals surface area contributed by atoms with Gasteiger partial charge in [-0.1, -0.05) is 41.7 Å². The first-order chi connectivity index (χ1) is 11.8. The van der Waals surface area contributed by atoms with Crippen LogP contribution in [0.3, 0.4) is 0 Å². The van der Waals surface area contributed by atoms with Crippen molar-refractivity contribution >= 4 is 49.4 Å². The summed E-state index contributed by atoms with van der Waals surface area (Å²) in [5.41, 5.74) is 1.87. The summed E-state index contributed by atoms with van der Waals surface area (Å²) in [4.78, 5) is 16.2. The number of thiophene rings is 1. The predicted molar refractivity (Wildman–Crippen MR) is 102 cm³/mol. The van der Waals surface area contributed by atoms with Crippen LogP contribution in [-0.2, 0) is 14.8 Å². The summed E-state index contributed by atoms with van der Waals surface area (Å²) < 4.78 is 27.9. The SMILES string of the molecule is CC(=O)Nc1nc(C)c(S(=O)(=O)Nc2csc(-c3ccccc3)c2)s1. The van der Waals surface area contributed by atoms with Crippen molar-refractivity contribution in [1.29, 1.82) is 0 Å². The van der Waals surface area contributed by atoms with Crippen LogP contribution < -0.4 is 10.0 Å². The minimum absolute atomic E-state index is 0.0868. The number of carbonyl (C=O) groups excluding carboxylic acids is 1. The van der Waals surface area contributed by atoms with Crippen molar-refractivity contribution in [3.8, 4) is 10.4 Å². The molecule has 6 nitrogen and oxygen atoms in total. The molecule has 0 fully saturated rings. The number of aromatic nitrogens is 1. The lowest BCUT2D eigenvalue weighted by molar-refractivity contribution is -0.114. The Bertz CT molecular complexity index is 1010. The van der Waals surface area contributed by atoms with Crippen LogP contribution in [0.1, 0.15) is 12.6 Å². The van der Waals surface area contributed by atoms with E-state index in [9.17, 15) is 13.2 Å². The fourth-order valence-electron chi connectivity index (χ4n) is 2.18. The summed E-state index contributed by atoms with van der Waals surface area (Å²) in [6, 6.07) is 11.5. The van der Waals surface area contributed by atoms with Crippen LogP contribution in [0.15, 0.2) is 46.0 Å². The molecule has 0 bridgehead atoms. The largest absolute Gasteiger partial charge is 0.302 e. The van der Waals surface area contributed by atoms with Gasteiger partial charge in [-0.2, -0.15) is 0 Å². The highest BCUT2D eigenvalue weighted by molar-refractivity contribution is 7.94. The second kappa shape index (κ2) is 6.95. The third kappa shape index (κ3) is 4.06. The molecule has 2 heterocycles. The Morgan fingerprint density at radius 1 is 1.20 bits per heavy atom. The summed E-state index contributed by atoms with van der Waals surface area (Å²) in [6.45, 7) is 2.94. The average Bonchev–Trinajstić information content (AvgIpc) is 3.14. The number of nitrogens with one attached hydrogen (secondary N) is 2. The zero-order valence-corrected chi connectivity index (χ0v) is 15.9. The maximum atomic E-state index is 12.6. The minimum atomic E-state index is -3.77. The fraction of sp³-hybridized carbons (Fsp3) is 0.125. The van der Waals surface area contributed by atoms with E-state index in [-0.39, 0.29) is 15.2 Å². The van der Waals surface area contributed by atoms with Crippen LogP contribution in [-0.4, -0.2) is 19.3 Å². The number of sulfonamides is 1. The molecule has 3 rings (SSSR count). The monoisotopic (exact) mass is 393 g/mol. The molecular weight excluding hydrogens is 378 g/mol. The van der Waals surface area contributed by atoms with Gasteiger partial charge in [0.15, 0.2) is 9.34 Å². The molecule has 0 aliphatic rings. The van der Waals surface area contributed by atoms with Crippen LogP contribution in [0.2, 0.25) is 0 Å². The molecule has 25 heavy (non-hydrogen) atoms. The molecule has 0 radical (unpaired) electrons. The van der Waals surface area contributed by atoms with E-state index in [1.54, 1.807) is 18.4 Å². The van der Waals surface area contributed by atoms with E-state index in [4.69, 9.17) is 0 Å². The first kappa shape index (κ1) is 17.6. The number of hydrogen-bond acceptors (Lipinski definition) is 6. The fourth-order valence-corrected chi connectivity index (χ4v) is 5.61. The number of hydrogen-bond donors (Lipinski definition) is 2. The van der Waals surface area contributed by atoms with Gasteiger partial charge in [-0.3, -0.25) is 9.52 Å². The molecule has 2 aromatic heterocycles. The zero-order chi connectivity index (χ0) is 18.0. The molecule has 9 heteroatoms. The quantitative estimate of drug-likeness (QED) is 0.687. The number of thiazole rings is 1. The summed E-state index contributed by atoms with van der Waals surface area (Å²) in [5.74, 6) is -0.295. The lowest BCUT2D eigenvalue weighted by Gasteiger charge is -2.04. The second-order valence-electron chi connectivity index (χ2n) is 5.24. The Morgan fingerprint density at radius 3 is 2.60 bits per heavy atom. The minimum Gasteiger partial charge on any atom is -0.302 e. The topological polar surface area (TPSA) is 88.2 Å². The number of amides is 1. The van der Waals surface area contributed by atoms with Gasteiger partial charge in [0.25, 0.3) is 10.0 Å². The molecule has 3 aromatic rings. The van der Waals surface area contributed by atoms with Gasteiger partial charge in [-0.05, 0) is 18.6 Å². The Hall–Kier alpha value is -2.23. The van der Waals surface area contributed by atoms with Gasteiger partial charge < -0.3 is 5.32 Å². The van der Waals surface area contributed by atoms with Gasteiger partial charge in [-0.15, -0.1) is 11.3 Å². The van der Waals surface area contributed by atoms with Crippen LogP contribution in [0.4, 0.5) is 10.8 Å². The highest BCUT2D eigenvalue weighted by atomic mass is 32.2. The summed E-state index contributed by atoms with van der Waals surface area (Å²) in [7, 11) is -3.77. The van der Waals surface area contributed by atoms with Gasteiger partial charge in [0.05, 0.1) is 11.4 Å².